The molecule has 0 spiro atoms. The molecule has 1 amide bonds. The molecule has 1 aliphatic heterocycles. The number of carbonyl (C=O) groups is 1. The van der Waals surface area contributed by atoms with Crippen LogP contribution in [0, 0.1) is 0 Å². The van der Waals surface area contributed by atoms with E-state index in [1.807, 2.05) is 18.2 Å². The lowest BCUT2D eigenvalue weighted by Gasteiger charge is -2.38. The Bertz CT molecular complexity index is 703. The minimum Gasteiger partial charge on any atom is -0.326 e. The Balaban J connectivity index is 1.81. The molecule has 0 bridgehead atoms. The fourth-order valence-electron chi connectivity index (χ4n) is 3.51. The molecule has 23 heavy (non-hydrogen) atoms. The average molecular weight is 311 g/mol. The normalized spacial score (nSPS) is 22.2. The molecule has 2 aromatic rings. The largest absolute Gasteiger partial charge is 0.326 e. The van der Waals surface area contributed by atoms with Crippen molar-refractivity contribution in [3.05, 3.63) is 36.0 Å². The number of anilines is 1. The number of nitrogens with one attached hydrogen (secondary N) is 1. The maximum atomic E-state index is 11.2. The highest BCUT2D eigenvalue weighted by atomic mass is 16.1. The zero-order chi connectivity index (χ0) is 16.4. The van der Waals surface area contributed by atoms with Crippen molar-refractivity contribution in [3.63, 3.8) is 0 Å². The van der Waals surface area contributed by atoms with Gasteiger partial charge < -0.3 is 5.32 Å². The van der Waals surface area contributed by atoms with Crippen LogP contribution in [0.15, 0.2) is 30.3 Å². The number of benzene rings is 1. The molecular weight excluding hydrogens is 286 g/mol. The molecule has 1 aromatic carbocycles. The summed E-state index contributed by atoms with van der Waals surface area (Å²) in [5, 5.41) is 3.87. The third-order valence-electron chi connectivity index (χ3n) is 4.79. The summed E-state index contributed by atoms with van der Waals surface area (Å²) in [4.78, 5) is 18.5. The molecule has 0 aliphatic carbocycles. The molecule has 1 fully saturated rings. The molecule has 0 radical (unpaired) electrons. The predicted octanol–water partition coefficient (Wildman–Crippen LogP) is 3.96. The van der Waals surface area contributed by atoms with E-state index in [9.17, 15) is 4.79 Å². The van der Waals surface area contributed by atoms with Crippen LogP contribution < -0.4 is 5.32 Å². The molecule has 2 heterocycles. The monoisotopic (exact) mass is 311 g/mol. The van der Waals surface area contributed by atoms with Crippen LogP contribution >= 0.6 is 0 Å². The Labute approximate surface area is 137 Å². The van der Waals surface area contributed by atoms with Gasteiger partial charge in [-0.3, -0.25) is 14.7 Å². The molecule has 4 nitrogen and oxygen atoms in total. The van der Waals surface area contributed by atoms with Gasteiger partial charge >= 0.3 is 0 Å². The Morgan fingerprint density at radius 3 is 2.65 bits per heavy atom. The van der Waals surface area contributed by atoms with Gasteiger partial charge in [-0.15, -0.1) is 0 Å². The van der Waals surface area contributed by atoms with Gasteiger partial charge in [0.05, 0.1) is 11.2 Å². The second kappa shape index (κ2) is 6.67. The summed E-state index contributed by atoms with van der Waals surface area (Å²) in [6.07, 6.45) is 3.88. The summed E-state index contributed by atoms with van der Waals surface area (Å²) in [6, 6.07) is 11.3. The number of hydrogen-bond acceptors (Lipinski definition) is 3. The van der Waals surface area contributed by atoms with Crippen molar-refractivity contribution in [2.24, 2.45) is 0 Å². The van der Waals surface area contributed by atoms with E-state index in [1.54, 1.807) is 0 Å². The molecule has 122 valence electrons. The first kappa shape index (κ1) is 15.9. The quantitative estimate of drug-likeness (QED) is 0.933. The maximum Gasteiger partial charge on any atom is 0.221 e. The van der Waals surface area contributed by atoms with Crippen LogP contribution in [-0.4, -0.2) is 27.9 Å². The van der Waals surface area contributed by atoms with Gasteiger partial charge in [0.25, 0.3) is 0 Å². The topological polar surface area (TPSA) is 45.2 Å². The SMILES string of the molecule is CC(=O)Nc1ccc2nc(CN3[C@H](C)CCC[C@@H]3C)ccc2c1. The first-order valence-electron chi connectivity index (χ1n) is 8.46. The van der Waals surface area contributed by atoms with Crippen LogP contribution in [0.25, 0.3) is 10.9 Å². The zero-order valence-corrected chi connectivity index (χ0v) is 14.2. The van der Waals surface area contributed by atoms with Crippen molar-refractivity contribution >= 4 is 22.5 Å². The van der Waals surface area contributed by atoms with Crippen LogP contribution in [0.4, 0.5) is 5.69 Å². The van der Waals surface area contributed by atoms with E-state index in [-0.39, 0.29) is 5.91 Å². The molecule has 3 rings (SSSR count). The lowest BCUT2D eigenvalue weighted by molar-refractivity contribution is -0.114. The van der Waals surface area contributed by atoms with Gasteiger partial charge in [-0.25, -0.2) is 0 Å². The molecule has 2 atom stereocenters. The Morgan fingerprint density at radius 2 is 1.96 bits per heavy atom. The van der Waals surface area contributed by atoms with E-state index in [4.69, 9.17) is 4.98 Å². The highest BCUT2D eigenvalue weighted by molar-refractivity contribution is 5.92. The van der Waals surface area contributed by atoms with Gasteiger partial charge in [0.2, 0.25) is 5.91 Å². The fraction of sp³-hybridized carbons (Fsp3) is 0.474. The van der Waals surface area contributed by atoms with Gasteiger partial charge in [0, 0.05) is 36.6 Å². The van der Waals surface area contributed by atoms with Crippen molar-refractivity contribution in [1.29, 1.82) is 0 Å². The molecule has 1 saturated heterocycles. The lowest BCUT2D eigenvalue weighted by atomic mass is 9.97. The molecule has 0 unspecified atom stereocenters. The second-order valence-electron chi connectivity index (χ2n) is 6.69. The Kier molecular flexibility index (Phi) is 4.62. The molecule has 4 heteroatoms. The zero-order valence-electron chi connectivity index (χ0n) is 14.2. The number of piperidine rings is 1. The van der Waals surface area contributed by atoms with Crippen molar-refractivity contribution in [3.8, 4) is 0 Å². The molecule has 1 aliphatic rings. The van der Waals surface area contributed by atoms with Gasteiger partial charge in [-0.05, 0) is 51.0 Å². The van der Waals surface area contributed by atoms with E-state index < -0.39 is 0 Å². The predicted molar refractivity (Wildman–Crippen MR) is 94.4 cm³/mol. The maximum absolute atomic E-state index is 11.2. The van der Waals surface area contributed by atoms with E-state index >= 15 is 0 Å². The number of carbonyl (C=O) groups excluding carboxylic acids is 1. The van der Waals surface area contributed by atoms with E-state index in [1.165, 1.54) is 26.2 Å². The van der Waals surface area contributed by atoms with Crippen LogP contribution in [0.1, 0.15) is 45.7 Å². The third-order valence-corrected chi connectivity index (χ3v) is 4.79. The first-order valence-corrected chi connectivity index (χ1v) is 8.46. The summed E-state index contributed by atoms with van der Waals surface area (Å²) >= 11 is 0. The highest BCUT2D eigenvalue weighted by Crippen LogP contribution is 2.25. The summed E-state index contributed by atoms with van der Waals surface area (Å²) < 4.78 is 0. The van der Waals surface area contributed by atoms with Crippen molar-refractivity contribution in [2.45, 2.75) is 58.7 Å². The minimum atomic E-state index is -0.0537. The smallest absolute Gasteiger partial charge is 0.221 e. The van der Waals surface area contributed by atoms with Crippen LogP contribution in [0.3, 0.4) is 0 Å². The second-order valence-corrected chi connectivity index (χ2v) is 6.69. The van der Waals surface area contributed by atoms with E-state index in [0.29, 0.717) is 12.1 Å². The van der Waals surface area contributed by atoms with Crippen LogP contribution in [0.5, 0.6) is 0 Å². The van der Waals surface area contributed by atoms with Gasteiger partial charge in [-0.1, -0.05) is 12.5 Å². The summed E-state index contributed by atoms with van der Waals surface area (Å²) in [5.74, 6) is -0.0537. The van der Waals surface area contributed by atoms with E-state index in [0.717, 1.165) is 28.8 Å². The van der Waals surface area contributed by atoms with E-state index in [2.05, 4.69) is 36.2 Å². The number of rotatable bonds is 3. The summed E-state index contributed by atoms with van der Waals surface area (Å²) in [7, 11) is 0. The average Bonchev–Trinajstić information content (AvgIpc) is 2.50. The number of fused-ring (bicyclic) bond motifs is 1. The number of pyridine rings is 1. The molecule has 1 N–H and O–H groups in total. The first-order chi connectivity index (χ1) is 11.0. The number of hydrogen-bond donors (Lipinski definition) is 1. The van der Waals surface area contributed by atoms with Crippen molar-refractivity contribution in [2.75, 3.05) is 5.32 Å². The molecule has 1 aromatic heterocycles. The number of likely N-dealkylation sites (tertiary alicyclic amines) is 1. The number of nitrogens with zero attached hydrogens (tertiary/aromatic N) is 2. The highest BCUT2D eigenvalue weighted by Gasteiger charge is 2.24. The van der Waals surface area contributed by atoms with Crippen LogP contribution in [-0.2, 0) is 11.3 Å². The summed E-state index contributed by atoms with van der Waals surface area (Å²) in [5.41, 5.74) is 2.91. The molecule has 0 saturated carbocycles. The van der Waals surface area contributed by atoms with Crippen molar-refractivity contribution in [1.82, 2.24) is 9.88 Å². The molecular formula is C19H25N3O. The van der Waals surface area contributed by atoms with Crippen molar-refractivity contribution < 1.29 is 4.79 Å². The third kappa shape index (κ3) is 3.70. The Hall–Kier alpha value is -1.94. The number of amides is 1. The van der Waals surface area contributed by atoms with Gasteiger partial charge in [-0.2, -0.15) is 0 Å². The fourth-order valence-corrected chi connectivity index (χ4v) is 3.51. The summed E-state index contributed by atoms with van der Waals surface area (Å²) in [6.45, 7) is 7.06. The standard InChI is InChI=1S/C19H25N3O/c1-13-5-4-6-14(2)22(13)12-18-8-7-16-11-17(20-15(3)23)9-10-19(16)21-18/h7-11,13-14H,4-6,12H2,1-3H3,(H,20,23)/t13-,14+. The van der Waals surface area contributed by atoms with Crippen LogP contribution in [0.2, 0.25) is 0 Å². The van der Waals surface area contributed by atoms with Gasteiger partial charge in [0.15, 0.2) is 0 Å². The Morgan fingerprint density at radius 1 is 1.22 bits per heavy atom. The number of aromatic nitrogens is 1. The minimum absolute atomic E-state index is 0.0537. The van der Waals surface area contributed by atoms with Gasteiger partial charge in [0.1, 0.15) is 0 Å². The lowest BCUT2D eigenvalue weighted by Crippen LogP contribution is -2.43.